The number of sulfonamides is 1. The molecule has 0 bridgehead atoms. The quantitative estimate of drug-likeness (QED) is 0.607. The molecule has 14 heavy (non-hydrogen) atoms. The fraction of sp³-hybridized carbons (Fsp3) is 0.833. The summed E-state index contributed by atoms with van der Waals surface area (Å²) in [4.78, 5) is 0. The van der Waals surface area contributed by atoms with Gasteiger partial charge in [-0.15, -0.1) is 0 Å². The third kappa shape index (κ3) is 7.85. The molecule has 0 aromatic carbocycles. The lowest BCUT2D eigenvalue weighted by molar-refractivity contribution is 0.0199. The van der Waals surface area contributed by atoms with Crippen molar-refractivity contribution in [3.63, 3.8) is 0 Å². The maximum Gasteiger partial charge on any atom is 0.261 e. The highest BCUT2D eigenvalue weighted by Gasteiger charge is 2.08. The Morgan fingerprint density at radius 3 is 2.64 bits per heavy atom. The number of nitrogens with one attached hydrogen (secondary N) is 1. The first kappa shape index (κ1) is 13.2. The van der Waals surface area contributed by atoms with Gasteiger partial charge >= 0.3 is 0 Å². The normalized spacial score (nSPS) is 11.6. The van der Waals surface area contributed by atoms with Crippen LogP contribution in [0.4, 0.5) is 8.78 Å². The minimum Gasteiger partial charge on any atom is -0.374 e. The molecule has 0 saturated carbocycles. The number of nitriles is 1. The number of hydrogen-bond donors (Lipinski definition) is 1. The van der Waals surface area contributed by atoms with E-state index >= 15 is 0 Å². The molecule has 0 saturated heterocycles. The number of halogens is 2. The van der Waals surface area contributed by atoms with Crippen LogP contribution in [0.25, 0.3) is 0 Å². The molecule has 5 nitrogen and oxygen atoms in total. The van der Waals surface area contributed by atoms with Crippen molar-refractivity contribution in [2.45, 2.75) is 6.43 Å². The highest BCUT2D eigenvalue weighted by atomic mass is 32.2. The maximum atomic E-state index is 11.5. The van der Waals surface area contributed by atoms with Crippen LogP contribution in [-0.4, -0.2) is 40.4 Å². The second-order valence-corrected chi connectivity index (χ2v) is 4.08. The molecule has 0 rings (SSSR count). The number of ether oxygens (including phenoxy) is 1. The lowest BCUT2D eigenvalue weighted by Gasteiger charge is -2.04. The molecule has 0 aromatic heterocycles. The van der Waals surface area contributed by atoms with Crippen LogP contribution in [0.15, 0.2) is 0 Å². The Morgan fingerprint density at radius 1 is 1.50 bits per heavy atom. The van der Waals surface area contributed by atoms with Crippen molar-refractivity contribution in [2.75, 3.05) is 25.5 Å². The molecule has 1 N–H and O–H groups in total. The van der Waals surface area contributed by atoms with Crippen LogP contribution in [0.3, 0.4) is 0 Å². The molecule has 0 radical (unpaired) electrons. The number of hydrogen-bond acceptors (Lipinski definition) is 4. The molecule has 0 aliphatic heterocycles. The summed E-state index contributed by atoms with van der Waals surface area (Å²) in [7, 11) is -3.61. The summed E-state index contributed by atoms with van der Waals surface area (Å²) in [5, 5.41) is 8.08. The van der Waals surface area contributed by atoms with E-state index in [1.807, 2.05) is 4.72 Å². The van der Waals surface area contributed by atoms with Gasteiger partial charge < -0.3 is 4.74 Å². The molecule has 0 heterocycles. The number of alkyl halides is 2. The molecule has 0 atom stereocenters. The summed E-state index contributed by atoms with van der Waals surface area (Å²) in [5.41, 5.74) is 0. The molecule has 0 unspecified atom stereocenters. The van der Waals surface area contributed by atoms with Crippen molar-refractivity contribution in [3.05, 3.63) is 0 Å². The fourth-order valence-electron chi connectivity index (χ4n) is 0.578. The van der Waals surface area contributed by atoms with Gasteiger partial charge in [0.05, 0.1) is 12.7 Å². The fourth-order valence-corrected chi connectivity index (χ4v) is 1.24. The predicted molar refractivity (Wildman–Crippen MR) is 44.2 cm³/mol. The van der Waals surface area contributed by atoms with Gasteiger partial charge in [-0.25, -0.2) is 21.9 Å². The van der Waals surface area contributed by atoms with Gasteiger partial charge in [-0.05, 0) is 0 Å². The van der Waals surface area contributed by atoms with Gasteiger partial charge in [0, 0.05) is 6.54 Å². The summed E-state index contributed by atoms with van der Waals surface area (Å²) >= 11 is 0. The van der Waals surface area contributed by atoms with Gasteiger partial charge in [0.15, 0.2) is 5.75 Å². The van der Waals surface area contributed by atoms with Gasteiger partial charge in [-0.2, -0.15) is 5.26 Å². The Balaban J connectivity index is 3.51. The molecular formula is C6H10F2N2O3S. The summed E-state index contributed by atoms with van der Waals surface area (Å²) < 4.78 is 51.0. The summed E-state index contributed by atoms with van der Waals surface area (Å²) in [6.45, 7) is -0.980. The highest BCUT2D eigenvalue weighted by Crippen LogP contribution is 1.91. The highest BCUT2D eigenvalue weighted by molar-refractivity contribution is 7.89. The van der Waals surface area contributed by atoms with E-state index in [1.54, 1.807) is 0 Å². The Kier molecular flexibility index (Phi) is 6.27. The molecule has 0 aliphatic rings. The Hall–Kier alpha value is -0.780. The first-order valence-electron chi connectivity index (χ1n) is 3.68. The standard InChI is InChI=1S/C6H10F2N2O3S/c7-6(8)5-13-3-2-10-14(11,12)4-1-9/h6,10H,2-5H2. The lowest BCUT2D eigenvalue weighted by Crippen LogP contribution is -2.29. The largest absolute Gasteiger partial charge is 0.374 e. The Labute approximate surface area is 80.7 Å². The predicted octanol–water partition coefficient (Wildman–Crippen LogP) is -0.289. The smallest absolute Gasteiger partial charge is 0.261 e. The zero-order chi connectivity index (χ0) is 11.0. The van der Waals surface area contributed by atoms with Crippen LogP contribution in [-0.2, 0) is 14.8 Å². The van der Waals surface area contributed by atoms with Crippen molar-refractivity contribution in [1.29, 1.82) is 5.26 Å². The lowest BCUT2D eigenvalue weighted by atomic mass is 10.7. The summed E-state index contributed by atoms with van der Waals surface area (Å²) in [6, 6.07) is 1.46. The van der Waals surface area contributed by atoms with Crippen molar-refractivity contribution in [3.8, 4) is 6.07 Å². The van der Waals surface area contributed by atoms with Crippen molar-refractivity contribution in [1.82, 2.24) is 4.72 Å². The van der Waals surface area contributed by atoms with E-state index in [0.717, 1.165) is 0 Å². The van der Waals surface area contributed by atoms with Gasteiger partial charge in [0.25, 0.3) is 6.43 Å². The zero-order valence-electron chi connectivity index (χ0n) is 7.24. The summed E-state index contributed by atoms with van der Waals surface area (Å²) in [5.74, 6) is -0.651. The average molecular weight is 228 g/mol. The van der Waals surface area contributed by atoms with E-state index in [0.29, 0.717) is 0 Å². The van der Waals surface area contributed by atoms with E-state index < -0.39 is 28.8 Å². The van der Waals surface area contributed by atoms with Gasteiger partial charge in [0.2, 0.25) is 10.0 Å². The topological polar surface area (TPSA) is 79.2 Å². The molecule has 0 aromatic rings. The molecule has 0 aliphatic carbocycles. The van der Waals surface area contributed by atoms with Gasteiger partial charge in [0.1, 0.15) is 6.61 Å². The molecule has 0 fully saturated rings. The van der Waals surface area contributed by atoms with E-state index in [1.165, 1.54) is 6.07 Å². The van der Waals surface area contributed by atoms with Crippen LogP contribution in [0.1, 0.15) is 0 Å². The SMILES string of the molecule is N#CCS(=O)(=O)NCCOCC(F)F. The minimum absolute atomic E-state index is 0.114. The minimum atomic E-state index is -3.61. The average Bonchev–Trinajstić information content (AvgIpc) is 2.02. The van der Waals surface area contributed by atoms with E-state index in [-0.39, 0.29) is 13.2 Å². The van der Waals surface area contributed by atoms with Gasteiger partial charge in [-0.1, -0.05) is 0 Å². The van der Waals surface area contributed by atoms with E-state index in [2.05, 4.69) is 4.74 Å². The van der Waals surface area contributed by atoms with Crippen molar-refractivity contribution >= 4 is 10.0 Å². The second-order valence-electron chi connectivity index (χ2n) is 2.28. The molecule has 82 valence electrons. The maximum absolute atomic E-state index is 11.5. The second kappa shape index (κ2) is 6.64. The van der Waals surface area contributed by atoms with E-state index in [4.69, 9.17) is 5.26 Å². The van der Waals surface area contributed by atoms with Crippen LogP contribution in [0.5, 0.6) is 0 Å². The van der Waals surface area contributed by atoms with E-state index in [9.17, 15) is 17.2 Å². The Bertz CT molecular complexity index is 286. The third-order valence-electron chi connectivity index (χ3n) is 1.07. The summed E-state index contributed by atoms with van der Waals surface area (Å²) in [6.07, 6.45) is -2.56. The van der Waals surface area contributed by atoms with Crippen molar-refractivity contribution in [2.24, 2.45) is 0 Å². The number of rotatable bonds is 7. The molecule has 0 amide bonds. The van der Waals surface area contributed by atoms with Crippen LogP contribution >= 0.6 is 0 Å². The van der Waals surface area contributed by atoms with Crippen LogP contribution in [0.2, 0.25) is 0 Å². The van der Waals surface area contributed by atoms with Gasteiger partial charge in [-0.3, -0.25) is 0 Å². The van der Waals surface area contributed by atoms with Crippen LogP contribution in [0, 0.1) is 11.3 Å². The van der Waals surface area contributed by atoms with Crippen LogP contribution < -0.4 is 4.72 Å². The Morgan fingerprint density at radius 2 is 2.14 bits per heavy atom. The van der Waals surface area contributed by atoms with Crippen molar-refractivity contribution < 1.29 is 21.9 Å². The first-order valence-corrected chi connectivity index (χ1v) is 5.33. The zero-order valence-corrected chi connectivity index (χ0v) is 8.06. The third-order valence-corrected chi connectivity index (χ3v) is 2.22. The first-order chi connectivity index (χ1) is 6.48. The molecule has 8 heteroatoms. The number of nitrogens with zero attached hydrogens (tertiary/aromatic N) is 1. The molecular weight excluding hydrogens is 218 g/mol. The molecule has 0 spiro atoms. The monoisotopic (exact) mass is 228 g/mol.